The van der Waals surface area contributed by atoms with E-state index in [1.807, 2.05) is 30.3 Å². The van der Waals surface area contributed by atoms with E-state index in [1.165, 1.54) is 0 Å². The van der Waals surface area contributed by atoms with Crippen molar-refractivity contribution in [2.24, 2.45) is 0 Å². The second-order valence-electron chi connectivity index (χ2n) is 4.89. The molecule has 1 fully saturated rings. The number of nitrogens with one attached hydrogen (secondary N) is 1. The molecule has 0 aliphatic carbocycles. The lowest BCUT2D eigenvalue weighted by Gasteiger charge is -2.21. The highest BCUT2D eigenvalue weighted by Gasteiger charge is 2.24. The van der Waals surface area contributed by atoms with Crippen molar-refractivity contribution in [2.75, 3.05) is 18.2 Å². The van der Waals surface area contributed by atoms with Crippen LogP contribution in [0.2, 0.25) is 0 Å². The Labute approximate surface area is 123 Å². The summed E-state index contributed by atoms with van der Waals surface area (Å²) in [5.41, 5.74) is 1.12. The van der Waals surface area contributed by atoms with Gasteiger partial charge >= 0.3 is 0 Å². The van der Waals surface area contributed by atoms with E-state index in [0.29, 0.717) is 11.6 Å². The number of nitrogens with zero attached hydrogens (tertiary/aromatic N) is 1. The lowest BCUT2D eigenvalue weighted by atomic mass is 10.0. The SMILES string of the molecule is CCCC(NC(=O)CN1CSCC1=O)c1ccccc1. The van der Waals surface area contributed by atoms with Gasteiger partial charge in [0.2, 0.25) is 11.8 Å². The second kappa shape index (κ2) is 7.33. The van der Waals surface area contributed by atoms with Crippen LogP contribution < -0.4 is 5.32 Å². The van der Waals surface area contributed by atoms with Crippen molar-refractivity contribution in [3.05, 3.63) is 35.9 Å². The minimum atomic E-state index is -0.0804. The average molecular weight is 292 g/mol. The summed E-state index contributed by atoms with van der Waals surface area (Å²) in [4.78, 5) is 25.2. The van der Waals surface area contributed by atoms with Crippen LogP contribution in [0.1, 0.15) is 31.4 Å². The van der Waals surface area contributed by atoms with Gasteiger partial charge in [0.05, 0.1) is 17.7 Å². The third kappa shape index (κ3) is 4.00. The summed E-state index contributed by atoms with van der Waals surface area (Å²) < 4.78 is 0. The van der Waals surface area contributed by atoms with Gasteiger partial charge < -0.3 is 10.2 Å². The molecule has 0 spiro atoms. The predicted octanol–water partition coefficient (Wildman–Crippen LogP) is 2.18. The Bertz CT molecular complexity index is 464. The third-order valence-corrected chi connectivity index (χ3v) is 4.22. The lowest BCUT2D eigenvalue weighted by Crippen LogP contribution is -2.39. The molecule has 0 saturated carbocycles. The molecule has 1 aliphatic rings. The second-order valence-corrected chi connectivity index (χ2v) is 5.84. The van der Waals surface area contributed by atoms with E-state index in [-0.39, 0.29) is 24.4 Å². The van der Waals surface area contributed by atoms with Gasteiger partial charge in [-0.25, -0.2) is 0 Å². The fraction of sp³-hybridized carbons (Fsp3) is 0.467. The number of thioether (sulfide) groups is 1. The largest absolute Gasteiger partial charge is 0.348 e. The molecule has 1 N–H and O–H groups in total. The smallest absolute Gasteiger partial charge is 0.240 e. The number of carbonyl (C=O) groups is 2. The summed E-state index contributed by atoms with van der Waals surface area (Å²) in [6.07, 6.45) is 1.90. The van der Waals surface area contributed by atoms with Gasteiger partial charge in [-0.1, -0.05) is 43.7 Å². The molecule has 0 bridgehead atoms. The van der Waals surface area contributed by atoms with Crippen LogP contribution in [0.5, 0.6) is 0 Å². The van der Waals surface area contributed by atoms with Gasteiger partial charge in [-0.05, 0) is 12.0 Å². The standard InChI is InChI=1S/C15H20N2O2S/c1-2-6-13(12-7-4-3-5-8-12)16-14(18)9-17-11-20-10-15(17)19/h3-5,7-8,13H,2,6,9-11H2,1H3,(H,16,18). The van der Waals surface area contributed by atoms with E-state index in [1.54, 1.807) is 16.7 Å². The number of rotatable bonds is 6. The van der Waals surface area contributed by atoms with Crippen molar-refractivity contribution >= 4 is 23.6 Å². The monoisotopic (exact) mass is 292 g/mol. The maximum Gasteiger partial charge on any atom is 0.240 e. The molecule has 4 nitrogen and oxygen atoms in total. The van der Waals surface area contributed by atoms with Crippen molar-refractivity contribution in [1.29, 1.82) is 0 Å². The van der Waals surface area contributed by atoms with Crippen LogP contribution in [-0.4, -0.2) is 34.9 Å². The van der Waals surface area contributed by atoms with E-state index in [9.17, 15) is 9.59 Å². The van der Waals surface area contributed by atoms with Gasteiger partial charge in [-0.2, -0.15) is 0 Å². The molecule has 1 aliphatic heterocycles. The first-order valence-corrected chi connectivity index (χ1v) is 8.06. The minimum Gasteiger partial charge on any atom is -0.348 e. The van der Waals surface area contributed by atoms with Gasteiger partial charge in [0.15, 0.2) is 0 Å². The Morgan fingerprint density at radius 1 is 1.40 bits per heavy atom. The zero-order valence-corrected chi connectivity index (χ0v) is 12.5. The van der Waals surface area contributed by atoms with Crippen molar-refractivity contribution < 1.29 is 9.59 Å². The minimum absolute atomic E-state index is 0.0269. The fourth-order valence-electron chi connectivity index (χ4n) is 2.25. The maximum absolute atomic E-state index is 12.1. The summed E-state index contributed by atoms with van der Waals surface area (Å²) in [6, 6.07) is 10.00. The molecule has 0 radical (unpaired) electrons. The van der Waals surface area contributed by atoms with Crippen LogP contribution in [0.3, 0.4) is 0 Å². The first-order chi connectivity index (χ1) is 9.70. The molecule has 1 aromatic carbocycles. The number of hydrogen-bond donors (Lipinski definition) is 1. The molecule has 5 heteroatoms. The van der Waals surface area contributed by atoms with Crippen LogP contribution in [0.4, 0.5) is 0 Å². The van der Waals surface area contributed by atoms with Crippen molar-refractivity contribution in [1.82, 2.24) is 10.2 Å². The van der Waals surface area contributed by atoms with Gasteiger partial charge in [-0.15, -0.1) is 11.8 Å². The number of benzene rings is 1. The Morgan fingerprint density at radius 2 is 2.15 bits per heavy atom. The molecule has 1 atom stereocenters. The third-order valence-electron chi connectivity index (χ3n) is 3.27. The van der Waals surface area contributed by atoms with Crippen molar-refractivity contribution in [3.63, 3.8) is 0 Å². The number of hydrogen-bond acceptors (Lipinski definition) is 3. The quantitative estimate of drug-likeness (QED) is 0.874. The first-order valence-electron chi connectivity index (χ1n) is 6.90. The predicted molar refractivity (Wildman–Crippen MR) is 81.3 cm³/mol. The van der Waals surface area contributed by atoms with Crippen molar-refractivity contribution in [2.45, 2.75) is 25.8 Å². The van der Waals surface area contributed by atoms with Crippen molar-refractivity contribution in [3.8, 4) is 0 Å². The molecule has 2 rings (SSSR count). The van der Waals surface area contributed by atoms with Crippen LogP contribution in [0.25, 0.3) is 0 Å². The molecule has 1 heterocycles. The van der Waals surface area contributed by atoms with Gasteiger partial charge in [-0.3, -0.25) is 9.59 Å². The fourth-order valence-corrected chi connectivity index (χ4v) is 3.15. The van der Waals surface area contributed by atoms with Gasteiger partial charge in [0, 0.05) is 0 Å². The molecule has 2 amide bonds. The number of carbonyl (C=O) groups excluding carboxylic acids is 2. The Balaban J connectivity index is 1.94. The molecule has 1 aromatic rings. The van der Waals surface area contributed by atoms with E-state index in [4.69, 9.17) is 0 Å². The highest BCUT2D eigenvalue weighted by Crippen LogP contribution is 2.19. The van der Waals surface area contributed by atoms with Crippen LogP contribution >= 0.6 is 11.8 Å². The summed E-state index contributed by atoms with van der Waals surface area (Å²) in [5, 5.41) is 3.04. The number of amides is 2. The van der Waals surface area contributed by atoms with Crippen LogP contribution in [0, 0.1) is 0 Å². The molecule has 1 saturated heterocycles. The van der Waals surface area contributed by atoms with E-state index >= 15 is 0 Å². The Morgan fingerprint density at radius 3 is 2.75 bits per heavy atom. The summed E-state index contributed by atoms with van der Waals surface area (Å²) in [5.74, 6) is 1.08. The molecule has 0 aromatic heterocycles. The Kier molecular flexibility index (Phi) is 5.47. The zero-order valence-electron chi connectivity index (χ0n) is 11.7. The van der Waals surface area contributed by atoms with Gasteiger partial charge in [0.25, 0.3) is 0 Å². The van der Waals surface area contributed by atoms with E-state index < -0.39 is 0 Å². The summed E-state index contributed by atoms with van der Waals surface area (Å²) in [6.45, 7) is 2.27. The summed E-state index contributed by atoms with van der Waals surface area (Å²) >= 11 is 1.55. The molecule has 20 heavy (non-hydrogen) atoms. The summed E-state index contributed by atoms with van der Waals surface area (Å²) in [7, 11) is 0. The van der Waals surface area contributed by atoms with Gasteiger partial charge in [0.1, 0.15) is 6.54 Å². The Hall–Kier alpha value is -1.49. The van der Waals surface area contributed by atoms with E-state index in [2.05, 4.69) is 12.2 Å². The average Bonchev–Trinajstić information content (AvgIpc) is 2.85. The van der Waals surface area contributed by atoms with Crippen LogP contribution in [-0.2, 0) is 9.59 Å². The molecule has 108 valence electrons. The highest BCUT2D eigenvalue weighted by molar-refractivity contribution is 8.00. The first kappa shape index (κ1) is 14.9. The zero-order chi connectivity index (χ0) is 14.4. The normalized spacial score (nSPS) is 16.2. The molecular formula is C15H20N2O2S. The maximum atomic E-state index is 12.1. The topological polar surface area (TPSA) is 49.4 Å². The van der Waals surface area contributed by atoms with E-state index in [0.717, 1.165) is 18.4 Å². The molecule has 1 unspecified atom stereocenters. The van der Waals surface area contributed by atoms with Crippen LogP contribution in [0.15, 0.2) is 30.3 Å². The molecular weight excluding hydrogens is 272 g/mol. The highest BCUT2D eigenvalue weighted by atomic mass is 32.2. The lowest BCUT2D eigenvalue weighted by molar-refractivity contribution is -0.132.